The molecular formula is C22H25N. The third-order valence-electron chi connectivity index (χ3n) is 4.36. The van der Waals surface area contributed by atoms with E-state index in [2.05, 4.69) is 71.7 Å². The van der Waals surface area contributed by atoms with Gasteiger partial charge in [-0.2, -0.15) is 0 Å². The second-order valence-corrected chi connectivity index (χ2v) is 6.21. The molecular weight excluding hydrogens is 278 g/mol. The van der Waals surface area contributed by atoms with Gasteiger partial charge in [0.1, 0.15) is 0 Å². The molecule has 0 spiro atoms. The number of aryl methyl sites for hydroxylation is 4. The summed E-state index contributed by atoms with van der Waals surface area (Å²) >= 11 is 0. The fourth-order valence-electron chi connectivity index (χ4n) is 3.04. The zero-order chi connectivity index (χ0) is 15.7. The Labute approximate surface area is 139 Å². The van der Waals surface area contributed by atoms with Crippen LogP contribution in [0.3, 0.4) is 0 Å². The van der Waals surface area contributed by atoms with Gasteiger partial charge in [-0.1, -0.05) is 54.6 Å². The maximum atomic E-state index is 3.28. The maximum absolute atomic E-state index is 3.28. The van der Waals surface area contributed by atoms with Crippen LogP contribution >= 0.6 is 0 Å². The lowest BCUT2D eigenvalue weighted by Gasteiger charge is -2.06. The Hall–Kier alpha value is -2.28. The molecule has 0 saturated heterocycles. The molecule has 1 N–H and O–H groups in total. The molecule has 1 aromatic heterocycles. The third kappa shape index (κ3) is 5.14. The molecule has 118 valence electrons. The molecule has 0 atom stereocenters. The van der Waals surface area contributed by atoms with Crippen molar-refractivity contribution in [2.75, 3.05) is 0 Å². The van der Waals surface area contributed by atoms with Gasteiger partial charge >= 0.3 is 0 Å². The number of unbranched alkanes of at least 4 members (excludes halogenated alkanes) is 1. The lowest BCUT2D eigenvalue weighted by molar-refractivity contribution is 0.724. The van der Waals surface area contributed by atoms with Crippen LogP contribution in [0.4, 0.5) is 0 Å². The zero-order valence-electron chi connectivity index (χ0n) is 13.7. The highest BCUT2D eigenvalue weighted by Crippen LogP contribution is 2.13. The van der Waals surface area contributed by atoms with Crippen molar-refractivity contribution in [1.82, 2.24) is 4.98 Å². The van der Waals surface area contributed by atoms with Crippen molar-refractivity contribution in [3.05, 3.63) is 95.3 Å². The predicted octanol–water partition coefficient (Wildman–Crippen LogP) is 5.37. The van der Waals surface area contributed by atoms with Gasteiger partial charge in [0, 0.05) is 11.9 Å². The van der Waals surface area contributed by atoms with Crippen LogP contribution in [0.1, 0.15) is 35.2 Å². The number of aromatic amines is 1. The highest BCUT2D eigenvalue weighted by Gasteiger charge is 1.99. The van der Waals surface area contributed by atoms with Gasteiger partial charge in [-0.05, 0) is 67.3 Å². The van der Waals surface area contributed by atoms with Crippen molar-refractivity contribution in [3.63, 3.8) is 0 Å². The van der Waals surface area contributed by atoms with Crippen molar-refractivity contribution in [2.24, 2.45) is 0 Å². The second-order valence-electron chi connectivity index (χ2n) is 6.21. The van der Waals surface area contributed by atoms with E-state index in [1.807, 2.05) is 6.20 Å². The predicted molar refractivity (Wildman–Crippen MR) is 97.7 cm³/mol. The van der Waals surface area contributed by atoms with Gasteiger partial charge in [0.2, 0.25) is 0 Å². The Bertz CT molecular complexity index is 683. The maximum Gasteiger partial charge on any atom is 0.0147 e. The van der Waals surface area contributed by atoms with Gasteiger partial charge in [-0.3, -0.25) is 0 Å². The molecule has 0 aliphatic carbocycles. The number of rotatable bonds is 8. The summed E-state index contributed by atoms with van der Waals surface area (Å²) in [5.41, 5.74) is 5.70. The molecule has 0 aliphatic heterocycles. The Morgan fingerprint density at radius 3 is 2.04 bits per heavy atom. The van der Waals surface area contributed by atoms with E-state index in [-0.39, 0.29) is 0 Å². The summed E-state index contributed by atoms with van der Waals surface area (Å²) in [4.78, 5) is 3.28. The van der Waals surface area contributed by atoms with E-state index in [1.165, 1.54) is 41.6 Å². The van der Waals surface area contributed by atoms with Crippen molar-refractivity contribution in [1.29, 1.82) is 0 Å². The Balaban J connectivity index is 1.45. The molecule has 0 radical (unpaired) electrons. The van der Waals surface area contributed by atoms with E-state index >= 15 is 0 Å². The Morgan fingerprint density at radius 1 is 0.565 bits per heavy atom. The van der Waals surface area contributed by atoms with Crippen molar-refractivity contribution in [2.45, 2.75) is 38.5 Å². The van der Waals surface area contributed by atoms with Gasteiger partial charge in [0.15, 0.2) is 0 Å². The van der Waals surface area contributed by atoms with E-state index in [9.17, 15) is 0 Å². The Kier molecular flexibility index (Phi) is 5.69. The molecule has 0 fully saturated rings. The summed E-state index contributed by atoms with van der Waals surface area (Å²) < 4.78 is 0. The fraction of sp³-hybridized carbons (Fsp3) is 0.273. The first kappa shape index (κ1) is 15.6. The summed E-state index contributed by atoms with van der Waals surface area (Å²) in [5, 5.41) is 0. The van der Waals surface area contributed by atoms with Gasteiger partial charge < -0.3 is 4.98 Å². The number of hydrogen-bond donors (Lipinski definition) is 1. The van der Waals surface area contributed by atoms with E-state index in [1.54, 1.807) is 0 Å². The number of nitrogens with one attached hydrogen (secondary N) is 1. The van der Waals surface area contributed by atoms with Crippen LogP contribution in [0.15, 0.2) is 72.9 Å². The van der Waals surface area contributed by atoms with Crippen LogP contribution in [-0.2, 0) is 25.7 Å². The van der Waals surface area contributed by atoms with Gasteiger partial charge in [0.25, 0.3) is 0 Å². The second kappa shape index (κ2) is 8.38. The van der Waals surface area contributed by atoms with Crippen LogP contribution < -0.4 is 0 Å². The molecule has 1 heterocycles. The quantitative estimate of drug-likeness (QED) is 0.539. The van der Waals surface area contributed by atoms with Crippen LogP contribution in [0.25, 0.3) is 0 Å². The molecule has 0 saturated carbocycles. The number of H-pyrrole nitrogens is 1. The van der Waals surface area contributed by atoms with E-state index in [0.29, 0.717) is 0 Å². The number of benzene rings is 2. The first-order valence-corrected chi connectivity index (χ1v) is 8.64. The first-order valence-electron chi connectivity index (χ1n) is 8.64. The van der Waals surface area contributed by atoms with Gasteiger partial charge in [0.05, 0.1) is 0 Å². The topological polar surface area (TPSA) is 15.8 Å². The third-order valence-corrected chi connectivity index (χ3v) is 4.36. The Morgan fingerprint density at radius 2 is 1.26 bits per heavy atom. The van der Waals surface area contributed by atoms with Crippen molar-refractivity contribution < 1.29 is 0 Å². The minimum atomic E-state index is 1.12. The highest BCUT2D eigenvalue weighted by molar-refractivity contribution is 5.25. The van der Waals surface area contributed by atoms with Crippen LogP contribution in [0.2, 0.25) is 0 Å². The summed E-state index contributed by atoms with van der Waals surface area (Å²) in [7, 11) is 0. The zero-order valence-corrected chi connectivity index (χ0v) is 13.7. The molecule has 2 aromatic carbocycles. The van der Waals surface area contributed by atoms with E-state index < -0.39 is 0 Å². The normalized spacial score (nSPS) is 10.8. The summed E-state index contributed by atoms with van der Waals surface area (Å²) in [6.45, 7) is 0. The largest absolute Gasteiger partial charge is 0.365 e. The molecule has 0 amide bonds. The SMILES string of the molecule is c1ccc(CCc2cccc(CCCCc3ccc[nH]3)c2)cc1. The number of aromatic nitrogens is 1. The van der Waals surface area contributed by atoms with Gasteiger partial charge in [-0.25, -0.2) is 0 Å². The first-order chi connectivity index (χ1) is 11.4. The molecule has 0 aliphatic rings. The molecule has 1 heteroatoms. The van der Waals surface area contributed by atoms with E-state index in [0.717, 1.165) is 19.3 Å². The smallest absolute Gasteiger partial charge is 0.0147 e. The molecule has 3 aromatic rings. The van der Waals surface area contributed by atoms with Crippen molar-refractivity contribution in [3.8, 4) is 0 Å². The van der Waals surface area contributed by atoms with Crippen LogP contribution in [-0.4, -0.2) is 4.98 Å². The van der Waals surface area contributed by atoms with E-state index in [4.69, 9.17) is 0 Å². The molecule has 23 heavy (non-hydrogen) atoms. The summed E-state index contributed by atoms with van der Waals surface area (Å²) in [6.07, 6.45) is 9.08. The molecule has 0 bridgehead atoms. The highest BCUT2D eigenvalue weighted by atomic mass is 14.7. The minimum Gasteiger partial charge on any atom is -0.365 e. The summed E-state index contributed by atoms with van der Waals surface area (Å²) in [5.74, 6) is 0. The average molecular weight is 303 g/mol. The van der Waals surface area contributed by atoms with Crippen molar-refractivity contribution >= 4 is 0 Å². The molecule has 1 nitrogen and oxygen atoms in total. The van der Waals surface area contributed by atoms with Crippen LogP contribution in [0.5, 0.6) is 0 Å². The molecule has 0 unspecified atom stereocenters. The lowest BCUT2D eigenvalue weighted by atomic mass is 10.00. The fourth-order valence-corrected chi connectivity index (χ4v) is 3.04. The lowest BCUT2D eigenvalue weighted by Crippen LogP contribution is -1.94. The standard InChI is InChI=1S/C22H25N/c1-2-8-19(9-3-1)15-16-21-12-6-11-20(18-21)10-4-5-13-22-14-7-17-23-22/h1-3,6-9,11-12,14,17-18,23H,4-5,10,13,15-16H2. The van der Waals surface area contributed by atoms with Crippen LogP contribution in [0, 0.1) is 0 Å². The summed E-state index contributed by atoms with van der Waals surface area (Å²) in [6, 6.07) is 24.1. The minimum absolute atomic E-state index is 1.12. The molecule has 3 rings (SSSR count). The monoisotopic (exact) mass is 303 g/mol. The average Bonchev–Trinajstić information content (AvgIpc) is 3.12. The van der Waals surface area contributed by atoms with Gasteiger partial charge in [-0.15, -0.1) is 0 Å². The number of hydrogen-bond acceptors (Lipinski definition) is 0.